The van der Waals surface area contributed by atoms with Crippen LogP contribution in [-0.2, 0) is 62.7 Å². The van der Waals surface area contributed by atoms with Crippen molar-refractivity contribution in [1.29, 1.82) is 26.3 Å². The van der Waals surface area contributed by atoms with Gasteiger partial charge >= 0.3 is 20.8 Å². The van der Waals surface area contributed by atoms with E-state index in [9.17, 15) is 80.7 Å². The predicted molar refractivity (Wildman–Crippen MR) is 350 cm³/mol. The topological polar surface area (TPSA) is 570 Å². The van der Waals surface area contributed by atoms with Crippen LogP contribution in [0.15, 0.2) is 122 Å². The molecule has 2 aliphatic heterocycles. The summed E-state index contributed by atoms with van der Waals surface area (Å²) in [5.41, 5.74) is 4.92. The third kappa shape index (κ3) is 42.8. The number of amides is 7. The number of imide groups is 2. The van der Waals surface area contributed by atoms with Crippen molar-refractivity contribution in [3.8, 4) is 41.8 Å². The molecule has 7 N–H and O–H groups in total. The molecule has 0 aliphatic carbocycles. The molecule has 42 heteroatoms. The molecule has 4 atom stereocenters. The fourth-order valence-corrected chi connectivity index (χ4v) is 8.23. The normalized spacial score (nSPS) is 14.0. The van der Waals surface area contributed by atoms with Crippen LogP contribution in [0.3, 0.4) is 0 Å². The van der Waals surface area contributed by atoms with Gasteiger partial charge in [0.2, 0.25) is 60.0 Å². The number of thioether (sulfide) groups is 2. The van der Waals surface area contributed by atoms with Crippen LogP contribution in [0.4, 0.5) is 11.4 Å². The first-order valence-electron chi connectivity index (χ1n) is 26.4. The van der Waals surface area contributed by atoms with Gasteiger partial charge in [-0.25, -0.2) is 14.6 Å². The van der Waals surface area contributed by atoms with Crippen molar-refractivity contribution in [2.45, 2.75) is 54.7 Å². The average Bonchev–Trinajstić information content (AvgIpc) is 1.72. The lowest BCUT2D eigenvalue weighted by atomic mass is 10.2. The number of rotatable bonds is 25. The van der Waals surface area contributed by atoms with Crippen molar-refractivity contribution >= 4 is 97.0 Å². The number of allylic oxidation sites excluding steroid dienone is 5. The average molecular weight is 1430 g/mol. The van der Waals surface area contributed by atoms with Crippen molar-refractivity contribution in [3.05, 3.63) is 164 Å². The molecule has 0 radical (unpaired) electrons. The Balaban J connectivity index is -0.000000550. The highest BCUT2D eigenvalue weighted by Crippen LogP contribution is 2.32. The molecule has 0 spiro atoms. The van der Waals surface area contributed by atoms with Crippen LogP contribution >= 0.6 is 23.5 Å². The van der Waals surface area contributed by atoms with Gasteiger partial charge in [0, 0.05) is 106 Å². The largest absolute Gasteiger partial charge is 0.500 e. The lowest BCUT2D eigenvalue weighted by Gasteiger charge is -2.15. The Morgan fingerprint density at radius 2 is 1.00 bits per heavy atom. The van der Waals surface area contributed by atoms with Gasteiger partial charge in [0.1, 0.15) is 24.0 Å². The first-order valence-corrected chi connectivity index (χ1v) is 31.7. The van der Waals surface area contributed by atoms with E-state index in [0.717, 1.165) is 46.4 Å². The maximum atomic E-state index is 12.2. The van der Waals surface area contributed by atoms with Gasteiger partial charge in [-0.2, -0.15) is 49.8 Å². The maximum absolute atomic E-state index is 12.2. The Labute approximate surface area is 566 Å². The standard InChI is InChI=1S/2C14H12N2O6S2.2C7H9N3O3.C4H8N2O3.2C4H6N2.CH5N/c2*1-23-12-9-13(17)16(14(12)18)10-4-2-5-11(8-10)22-24(19,20)21-7-3-6-15;1-8-4-3-6(10(12)13)5-7(11)9-2;1-9-7(11)5-6(10(12)13)3-2-4-8;1-5-4(7)2-3-6(8)9;2*1-6-4-2-3-5;1-2/h2*2-5,7-8,12H,9H2,1H3;3-4,6H,5H2,2H3,(H,9,11);2-3,6H,5H2,1H3,(H,9,11);2-3H2,1H3,(H,5,7);2*2,4,6H,1H3;2H2,1H3/b2*7-3+;4-3+;3-2-;;2*4-2+;. The van der Waals surface area contributed by atoms with E-state index in [4.69, 9.17) is 41.2 Å². The Kier molecular flexibility index (Phi) is 51.5. The molecular weight excluding hydrogens is 1360 g/mol. The van der Waals surface area contributed by atoms with Crippen LogP contribution in [0.5, 0.6) is 11.5 Å². The summed E-state index contributed by atoms with van der Waals surface area (Å²) in [5.74, 6) is -2.87. The summed E-state index contributed by atoms with van der Waals surface area (Å²) < 4.78 is 64.4. The van der Waals surface area contributed by atoms with E-state index in [2.05, 4.69) is 45.5 Å². The van der Waals surface area contributed by atoms with Crippen molar-refractivity contribution in [1.82, 2.24) is 26.6 Å². The van der Waals surface area contributed by atoms with Gasteiger partial charge in [-0.15, -0.1) is 16.8 Å². The molecule has 2 saturated heterocycles. The molecule has 4 rings (SSSR count). The van der Waals surface area contributed by atoms with E-state index in [1.807, 2.05) is 12.1 Å². The summed E-state index contributed by atoms with van der Waals surface area (Å²) in [6.45, 7) is 6.09. The summed E-state index contributed by atoms with van der Waals surface area (Å²) in [6, 6.07) is 17.2. The number of hydrogen-bond donors (Lipinski definition) is 6. The van der Waals surface area contributed by atoms with Gasteiger partial charge < -0.3 is 49.0 Å². The summed E-state index contributed by atoms with van der Waals surface area (Å²) >= 11 is 2.55. The minimum Gasteiger partial charge on any atom is -0.393 e. The van der Waals surface area contributed by atoms with Gasteiger partial charge in [0.05, 0.1) is 90.2 Å². The number of carbonyl (C=O) groups excluding carboxylic acids is 7. The molecular formula is C55H67N17O21S4. The van der Waals surface area contributed by atoms with Crippen molar-refractivity contribution < 1.29 is 81.9 Å². The van der Waals surface area contributed by atoms with Crippen LogP contribution in [0.25, 0.3) is 4.85 Å². The smallest absolute Gasteiger partial charge is 0.393 e. The summed E-state index contributed by atoms with van der Waals surface area (Å²) in [4.78, 5) is 114. The third-order valence-corrected chi connectivity index (χ3v) is 13.4. The second-order valence-electron chi connectivity index (χ2n) is 16.4. The molecule has 0 saturated carbocycles. The van der Waals surface area contributed by atoms with Crippen LogP contribution in [0.2, 0.25) is 0 Å². The van der Waals surface area contributed by atoms with Crippen molar-refractivity contribution in [2.24, 2.45) is 5.73 Å². The number of nitriles is 5. The Morgan fingerprint density at radius 3 is 1.28 bits per heavy atom. The lowest BCUT2D eigenvalue weighted by molar-refractivity contribution is -0.508. The number of nitro groups is 3. The molecule has 2 aromatic rings. The van der Waals surface area contributed by atoms with E-state index in [0.29, 0.717) is 12.5 Å². The molecule has 2 fully saturated rings. The molecule has 2 aromatic carbocycles. The molecule has 38 nitrogen and oxygen atoms in total. The molecule has 0 aromatic heterocycles. The molecule has 2 aliphatic rings. The summed E-state index contributed by atoms with van der Waals surface area (Å²) in [5, 5.41) is 81.9. The van der Waals surface area contributed by atoms with E-state index in [-0.39, 0.29) is 91.1 Å². The highest BCUT2D eigenvalue weighted by Gasteiger charge is 2.40. The Hall–Kier alpha value is -11.9. The maximum Gasteiger partial charge on any atom is 0.500 e. The molecule has 2 heterocycles. The number of nitrogens with two attached hydrogens (primary N) is 1. The van der Waals surface area contributed by atoms with Crippen LogP contribution in [0.1, 0.15) is 32.1 Å². The number of anilines is 2. The minimum atomic E-state index is -4.42. The minimum absolute atomic E-state index is 0.0382. The number of nitrogens with one attached hydrogen (secondary N) is 5. The zero-order valence-corrected chi connectivity index (χ0v) is 56.1. The van der Waals surface area contributed by atoms with E-state index in [1.165, 1.54) is 112 Å². The second kappa shape index (κ2) is 54.6. The predicted octanol–water partition coefficient (Wildman–Crippen LogP) is 2.23. The van der Waals surface area contributed by atoms with Crippen LogP contribution in [0, 0.1) is 93.6 Å². The monoisotopic (exact) mass is 1430 g/mol. The lowest BCUT2D eigenvalue weighted by Crippen LogP contribution is -2.31. The quantitative estimate of drug-likeness (QED) is 0.0207. The number of benzene rings is 2. The summed E-state index contributed by atoms with van der Waals surface area (Å²) in [6.07, 6.45) is 16.1. The van der Waals surface area contributed by atoms with Gasteiger partial charge in [-0.1, -0.05) is 12.1 Å². The summed E-state index contributed by atoms with van der Waals surface area (Å²) in [7, 11) is 0.391. The first-order chi connectivity index (χ1) is 46.0. The van der Waals surface area contributed by atoms with Crippen LogP contribution in [-0.4, -0.2) is 157 Å². The second-order valence-corrected chi connectivity index (χ2v) is 20.9. The zero-order valence-electron chi connectivity index (χ0n) is 52.8. The van der Waals surface area contributed by atoms with E-state index >= 15 is 0 Å². The Morgan fingerprint density at radius 1 is 0.639 bits per heavy atom. The van der Waals surface area contributed by atoms with E-state index in [1.54, 1.807) is 57.2 Å². The van der Waals surface area contributed by atoms with Crippen molar-refractivity contribution in [2.75, 3.05) is 71.1 Å². The molecule has 522 valence electrons. The molecule has 7 amide bonds. The van der Waals surface area contributed by atoms with Crippen molar-refractivity contribution in [3.63, 3.8) is 0 Å². The number of hydrogen-bond acceptors (Lipinski definition) is 31. The number of carbonyl (C=O) groups is 7. The van der Waals surface area contributed by atoms with Gasteiger partial charge in [-0.05, 0) is 56.0 Å². The van der Waals surface area contributed by atoms with Crippen LogP contribution < -0.4 is 50.5 Å². The highest BCUT2D eigenvalue weighted by molar-refractivity contribution is 8.00. The molecule has 4 unspecified atom stereocenters. The van der Waals surface area contributed by atoms with E-state index < -0.39 is 70.0 Å². The fraction of sp³-hybridized carbons (Fsp3) is 0.327. The highest BCUT2D eigenvalue weighted by atomic mass is 32.3. The Bertz CT molecular complexity index is 3420. The third-order valence-electron chi connectivity index (χ3n) is 10.1. The van der Waals surface area contributed by atoms with Gasteiger partial charge in [0.15, 0.2) is 6.20 Å². The molecule has 97 heavy (non-hydrogen) atoms. The SMILES string of the molecule is CN.CN/C=C/C#N.CN/C=C/C#N.CNC(=O)CC(/C=C\C#N)[N+](=O)[O-].CNC(=O)CC[N+](=O)[O-].CSC1CC(=O)N(c2cccc(OS(=O)(=O)O/C=C/C#N)c2)C1=O.CSC1CC(=O)N(c2cccc(OS(=O)(=O)O/C=C/C#N)c2)C1=O.[C-]#[N+]/C=C/C(CC(=O)NC)[N+](=O)[O-]. The first kappa shape index (κ1) is 91.5. The zero-order chi connectivity index (χ0) is 75.0. The van der Waals surface area contributed by atoms with Gasteiger partial charge in [0.25, 0.3) is 0 Å². The fourth-order valence-electron chi connectivity index (χ4n) is 5.86. The van der Waals surface area contributed by atoms with Gasteiger partial charge in [-0.3, -0.25) is 63.9 Å². The molecule has 0 bridgehead atoms. The number of nitrogens with zero attached hydrogens (tertiary/aromatic N) is 11.